The Labute approximate surface area is 167 Å². The highest BCUT2D eigenvalue weighted by Gasteiger charge is 2.06. The number of rotatable bonds is 6. The van der Waals surface area contributed by atoms with Crippen molar-refractivity contribution in [1.29, 1.82) is 0 Å². The number of hydrogen-bond acceptors (Lipinski definition) is 6. The van der Waals surface area contributed by atoms with Crippen LogP contribution in [0.25, 0.3) is 10.6 Å². The second-order valence-electron chi connectivity index (χ2n) is 6.12. The van der Waals surface area contributed by atoms with Crippen LogP contribution in [0.5, 0.6) is 5.75 Å². The second kappa shape index (κ2) is 8.45. The third-order valence-electron chi connectivity index (χ3n) is 4.12. The molecule has 0 aliphatic heterocycles. The van der Waals surface area contributed by atoms with Crippen LogP contribution in [-0.4, -0.2) is 21.5 Å². The summed E-state index contributed by atoms with van der Waals surface area (Å²) < 4.78 is 0. The van der Waals surface area contributed by atoms with Gasteiger partial charge in [0.1, 0.15) is 10.8 Å². The molecule has 0 bridgehead atoms. The molecule has 0 aliphatic rings. The molecule has 28 heavy (non-hydrogen) atoms. The van der Waals surface area contributed by atoms with Crippen molar-refractivity contribution in [3.05, 3.63) is 90.0 Å². The van der Waals surface area contributed by atoms with E-state index in [1.807, 2.05) is 54.6 Å². The number of aliphatic imine (C=N–C) groups is 1. The molecule has 1 heterocycles. The average molecular weight is 386 g/mol. The predicted octanol–water partition coefficient (Wildman–Crippen LogP) is 5.27. The molecule has 0 fully saturated rings. The lowest BCUT2D eigenvalue weighted by Gasteiger charge is -2.01. The topological polar surface area (TPSA) is 70.4 Å². The highest BCUT2D eigenvalue weighted by Crippen LogP contribution is 2.28. The molecule has 0 amide bonds. The second-order valence-corrected chi connectivity index (χ2v) is 7.09. The van der Waals surface area contributed by atoms with Crippen molar-refractivity contribution in [3.8, 4) is 16.3 Å². The molecule has 1 aromatic heterocycles. The fraction of sp³-hybridized carbons (Fsp3) is 0.0455. The van der Waals surface area contributed by atoms with Gasteiger partial charge in [0, 0.05) is 23.9 Å². The van der Waals surface area contributed by atoms with Gasteiger partial charge in [-0.3, -0.25) is 4.99 Å². The third kappa shape index (κ3) is 4.42. The Balaban J connectivity index is 1.41. The van der Waals surface area contributed by atoms with Crippen molar-refractivity contribution < 1.29 is 5.11 Å². The molecule has 0 saturated heterocycles. The molecule has 0 spiro atoms. The SMILES string of the molecule is Oc1ccccc1C=Nc1ccc(-c2nnc(NCc3ccccc3)s2)cc1. The summed E-state index contributed by atoms with van der Waals surface area (Å²) in [6.07, 6.45) is 1.65. The van der Waals surface area contributed by atoms with E-state index in [0.717, 1.165) is 27.9 Å². The number of phenols is 1. The molecule has 0 atom stereocenters. The first kappa shape index (κ1) is 17.9. The summed E-state index contributed by atoms with van der Waals surface area (Å²) in [5, 5.41) is 23.2. The van der Waals surface area contributed by atoms with E-state index in [-0.39, 0.29) is 5.75 Å². The number of phenolic OH excluding ortho intramolecular Hbond substituents is 1. The zero-order valence-corrected chi connectivity index (χ0v) is 15.8. The van der Waals surface area contributed by atoms with Crippen molar-refractivity contribution in [1.82, 2.24) is 10.2 Å². The highest BCUT2D eigenvalue weighted by molar-refractivity contribution is 7.18. The lowest BCUT2D eigenvalue weighted by Crippen LogP contribution is -1.98. The first-order chi connectivity index (χ1) is 13.8. The number of aromatic nitrogens is 2. The van der Waals surface area contributed by atoms with Gasteiger partial charge in [-0.05, 0) is 42.0 Å². The van der Waals surface area contributed by atoms with Crippen LogP contribution in [0.2, 0.25) is 0 Å². The number of nitrogens with zero attached hydrogens (tertiary/aromatic N) is 3. The Bertz CT molecular complexity index is 1080. The Morgan fingerprint density at radius 1 is 0.893 bits per heavy atom. The molecular weight excluding hydrogens is 368 g/mol. The van der Waals surface area contributed by atoms with Crippen molar-refractivity contribution in [2.75, 3.05) is 5.32 Å². The van der Waals surface area contributed by atoms with E-state index < -0.39 is 0 Å². The molecule has 0 radical (unpaired) electrons. The number of benzene rings is 3. The minimum atomic E-state index is 0.215. The Kier molecular flexibility index (Phi) is 5.40. The molecule has 2 N–H and O–H groups in total. The zero-order chi connectivity index (χ0) is 19.2. The monoisotopic (exact) mass is 386 g/mol. The van der Waals surface area contributed by atoms with Crippen LogP contribution in [0.1, 0.15) is 11.1 Å². The summed E-state index contributed by atoms with van der Waals surface area (Å²) >= 11 is 1.52. The van der Waals surface area contributed by atoms with Crippen LogP contribution in [0.3, 0.4) is 0 Å². The fourth-order valence-corrected chi connectivity index (χ4v) is 3.36. The van der Waals surface area contributed by atoms with Crippen molar-refractivity contribution >= 4 is 28.4 Å². The minimum absolute atomic E-state index is 0.215. The number of para-hydroxylation sites is 1. The third-order valence-corrected chi connectivity index (χ3v) is 5.05. The quantitative estimate of drug-likeness (QED) is 0.443. The fourth-order valence-electron chi connectivity index (χ4n) is 2.62. The standard InChI is InChI=1S/C22H18N4OS/c27-20-9-5-4-8-18(20)15-23-19-12-10-17(11-13-19)21-25-26-22(28-21)24-14-16-6-2-1-3-7-16/h1-13,15,27H,14H2,(H,24,26). The van der Waals surface area contributed by atoms with E-state index in [1.165, 1.54) is 16.9 Å². The van der Waals surface area contributed by atoms with Gasteiger partial charge in [-0.2, -0.15) is 0 Å². The van der Waals surface area contributed by atoms with E-state index in [0.29, 0.717) is 5.56 Å². The smallest absolute Gasteiger partial charge is 0.206 e. The van der Waals surface area contributed by atoms with Gasteiger partial charge in [0.25, 0.3) is 0 Å². The number of nitrogens with one attached hydrogen (secondary N) is 1. The molecule has 4 aromatic rings. The summed E-state index contributed by atoms with van der Waals surface area (Å²) in [6.45, 7) is 0.718. The lowest BCUT2D eigenvalue weighted by atomic mass is 10.2. The Hall–Kier alpha value is -3.51. The van der Waals surface area contributed by atoms with Crippen molar-refractivity contribution in [2.24, 2.45) is 4.99 Å². The van der Waals surface area contributed by atoms with Crippen molar-refractivity contribution in [3.63, 3.8) is 0 Å². The summed E-state index contributed by atoms with van der Waals surface area (Å²) in [7, 11) is 0. The van der Waals surface area contributed by atoms with E-state index in [9.17, 15) is 5.11 Å². The van der Waals surface area contributed by atoms with Crippen LogP contribution in [0.4, 0.5) is 10.8 Å². The average Bonchev–Trinajstić information content (AvgIpc) is 3.22. The van der Waals surface area contributed by atoms with Crippen LogP contribution in [-0.2, 0) is 6.54 Å². The lowest BCUT2D eigenvalue weighted by molar-refractivity contribution is 0.474. The van der Waals surface area contributed by atoms with Gasteiger partial charge in [0.05, 0.1) is 5.69 Å². The van der Waals surface area contributed by atoms with Gasteiger partial charge in [-0.25, -0.2) is 0 Å². The van der Waals surface area contributed by atoms with E-state index in [1.54, 1.807) is 18.3 Å². The van der Waals surface area contributed by atoms with Crippen LogP contribution >= 0.6 is 11.3 Å². The summed E-state index contributed by atoms with van der Waals surface area (Å²) in [4.78, 5) is 4.41. The maximum atomic E-state index is 9.79. The molecular formula is C22H18N4OS. The maximum Gasteiger partial charge on any atom is 0.206 e. The Morgan fingerprint density at radius 3 is 2.43 bits per heavy atom. The molecule has 3 aromatic carbocycles. The van der Waals surface area contributed by atoms with E-state index in [2.05, 4.69) is 32.6 Å². The van der Waals surface area contributed by atoms with Gasteiger partial charge < -0.3 is 10.4 Å². The van der Waals surface area contributed by atoms with Crippen LogP contribution in [0, 0.1) is 0 Å². The molecule has 0 unspecified atom stereocenters. The van der Waals surface area contributed by atoms with Gasteiger partial charge in [-0.15, -0.1) is 10.2 Å². The Morgan fingerprint density at radius 2 is 1.64 bits per heavy atom. The van der Waals surface area contributed by atoms with Gasteiger partial charge >= 0.3 is 0 Å². The molecule has 5 nitrogen and oxygen atoms in total. The summed E-state index contributed by atoms with van der Waals surface area (Å²) in [5.74, 6) is 0.215. The first-order valence-corrected chi connectivity index (χ1v) is 9.63. The predicted molar refractivity (Wildman–Crippen MR) is 114 cm³/mol. The zero-order valence-electron chi connectivity index (χ0n) is 15.0. The molecule has 0 aliphatic carbocycles. The molecule has 138 valence electrons. The molecule has 0 saturated carbocycles. The number of anilines is 1. The normalized spacial score (nSPS) is 11.0. The van der Waals surface area contributed by atoms with Crippen molar-refractivity contribution in [2.45, 2.75) is 6.54 Å². The van der Waals surface area contributed by atoms with Crippen LogP contribution in [0.15, 0.2) is 83.9 Å². The highest BCUT2D eigenvalue weighted by atomic mass is 32.1. The largest absolute Gasteiger partial charge is 0.507 e. The maximum absolute atomic E-state index is 9.79. The van der Waals surface area contributed by atoms with Gasteiger partial charge in [-0.1, -0.05) is 53.8 Å². The summed E-state index contributed by atoms with van der Waals surface area (Å²) in [6, 6.07) is 25.1. The van der Waals surface area contributed by atoms with E-state index in [4.69, 9.17) is 0 Å². The number of aromatic hydroxyl groups is 1. The van der Waals surface area contributed by atoms with Gasteiger partial charge in [0.15, 0.2) is 0 Å². The van der Waals surface area contributed by atoms with Crippen LogP contribution < -0.4 is 5.32 Å². The first-order valence-electron chi connectivity index (χ1n) is 8.82. The molecule has 4 rings (SSSR count). The minimum Gasteiger partial charge on any atom is -0.507 e. The van der Waals surface area contributed by atoms with E-state index >= 15 is 0 Å². The van der Waals surface area contributed by atoms with Gasteiger partial charge in [0.2, 0.25) is 5.13 Å². The summed E-state index contributed by atoms with van der Waals surface area (Å²) in [5.41, 5.74) is 3.68. The number of hydrogen-bond donors (Lipinski definition) is 2. The molecule has 6 heteroatoms.